The van der Waals surface area contributed by atoms with Crippen molar-refractivity contribution in [2.75, 3.05) is 6.54 Å². The molecule has 0 radical (unpaired) electrons. The molecular formula is C18H19FN2O3. The highest BCUT2D eigenvalue weighted by atomic mass is 19.1. The molecule has 5 nitrogen and oxygen atoms in total. The number of hydrogen-bond donors (Lipinski definition) is 3. The highest BCUT2D eigenvalue weighted by molar-refractivity contribution is 5.85. The first-order chi connectivity index (χ1) is 11.6. The third-order valence-corrected chi connectivity index (χ3v) is 3.46. The van der Waals surface area contributed by atoms with Gasteiger partial charge in [-0.1, -0.05) is 36.4 Å². The number of amides is 2. The fraction of sp³-hybridized carbons (Fsp3) is 0.222. The van der Waals surface area contributed by atoms with Gasteiger partial charge in [-0.05, 0) is 28.8 Å². The van der Waals surface area contributed by atoms with Gasteiger partial charge in [-0.25, -0.2) is 4.39 Å². The second-order valence-corrected chi connectivity index (χ2v) is 5.29. The molecule has 2 aromatic carbocycles. The van der Waals surface area contributed by atoms with Gasteiger partial charge in [-0.15, -0.1) is 0 Å². The normalized spacial score (nSPS) is 10.2. The summed E-state index contributed by atoms with van der Waals surface area (Å²) in [6, 6.07) is 13.0. The third-order valence-electron chi connectivity index (χ3n) is 3.46. The summed E-state index contributed by atoms with van der Waals surface area (Å²) in [5.74, 6) is -1.09. The van der Waals surface area contributed by atoms with Crippen molar-refractivity contribution in [1.82, 2.24) is 10.6 Å². The first-order valence-corrected chi connectivity index (χ1v) is 7.54. The summed E-state index contributed by atoms with van der Waals surface area (Å²) in [6.07, 6.45) is 0.0123. The van der Waals surface area contributed by atoms with Crippen molar-refractivity contribution >= 4 is 11.8 Å². The Kier molecular flexibility index (Phi) is 6.45. The topological polar surface area (TPSA) is 78.4 Å². The van der Waals surface area contributed by atoms with Crippen molar-refractivity contribution in [2.45, 2.75) is 19.6 Å². The van der Waals surface area contributed by atoms with Crippen LogP contribution in [-0.2, 0) is 29.2 Å². The highest BCUT2D eigenvalue weighted by Gasteiger charge is 2.08. The molecule has 2 rings (SSSR count). The zero-order chi connectivity index (χ0) is 17.4. The zero-order valence-corrected chi connectivity index (χ0v) is 13.1. The summed E-state index contributed by atoms with van der Waals surface area (Å²) >= 11 is 0. The van der Waals surface area contributed by atoms with Gasteiger partial charge in [0.05, 0.1) is 19.6 Å². The standard InChI is InChI=1S/C18H19FN2O3/c19-16-7-3-4-13(8-16)9-17(23)21-11-18(24)20-10-14-5-1-2-6-15(14)12-22/h1-8,22H,9-12H2,(H,20,24)(H,21,23). The van der Waals surface area contributed by atoms with E-state index in [0.717, 1.165) is 11.1 Å². The molecule has 0 spiro atoms. The zero-order valence-electron chi connectivity index (χ0n) is 13.1. The summed E-state index contributed by atoms with van der Waals surface area (Å²) in [5.41, 5.74) is 2.11. The number of aliphatic hydroxyl groups excluding tert-OH is 1. The fourth-order valence-electron chi connectivity index (χ4n) is 2.21. The van der Waals surface area contributed by atoms with Gasteiger partial charge in [0.2, 0.25) is 11.8 Å². The number of aliphatic hydroxyl groups is 1. The number of hydrogen-bond acceptors (Lipinski definition) is 3. The molecule has 0 aliphatic rings. The number of carbonyl (C=O) groups is 2. The van der Waals surface area contributed by atoms with Crippen molar-refractivity contribution in [2.24, 2.45) is 0 Å². The van der Waals surface area contributed by atoms with Gasteiger partial charge >= 0.3 is 0 Å². The maximum Gasteiger partial charge on any atom is 0.239 e. The summed E-state index contributed by atoms with van der Waals surface area (Å²) in [4.78, 5) is 23.5. The summed E-state index contributed by atoms with van der Waals surface area (Å²) in [7, 11) is 0. The molecule has 2 amide bonds. The number of rotatable bonds is 7. The quantitative estimate of drug-likeness (QED) is 0.716. The summed E-state index contributed by atoms with van der Waals surface area (Å²) < 4.78 is 13.0. The third kappa shape index (κ3) is 5.48. The van der Waals surface area contributed by atoms with Gasteiger partial charge in [0.1, 0.15) is 5.82 Å². The molecule has 0 aromatic heterocycles. The van der Waals surface area contributed by atoms with Gasteiger partial charge in [0.15, 0.2) is 0 Å². The van der Waals surface area contributed by atoms with Crippen LogP contribution >= 0.6 is 0 Å². The molecule has 24 heavy (non-hydrogen) atoms. The van der Waals surface area contributed by atoms with E-state index in [2.05, 4.69) is 10.6 Å². The Morgan fingerprint density at radius 3 is 2.42 bits per heavy atom. The second kappa shape index (κ2) is 8.79. The maximum atomic E-state index is 13.0. The van der Waals surface area contributed by atoms with Gasteiger partial charge in [-0.3, -0.25) is 9.59 Å². The molecule has 0 bridgehead atoms. The van der Waals surface area contributed by atoms with Crippen LogP contribution in [0.2, 0.25) is 0 Å². The van der Waals surface area contributed by atoms with Crippen LogP contribution in [0.4, 0.5) is 4.39 Å². The molecule has 0 unspecified atom stereocenters. The molecule has 0 aliphatic carbocycles. The van der Waals surface area contributed by atoms with E-state index in [1.54, 1.807) is 12.1 Å². The predicted octanol–water partition coefficient (Wildman–Crippen LogP) is 1.29. The lowest BCUT2D eigenvalue weighted by Crippen LogP contribution is -2.37. The van der Waals surface area contributed by atoms with Crippen LogP contribution in [0, 0.1) is 5.82 Å². The van der Waals surface area contributed by atoms with Gasteiger partial charge in [0, 0.05) is 6.54 Å². The lowest BCUT2D eigenvalue weighted by Gasteiger charge is -2.10. The molecule has 0 aliphatic heterocycles. The molecule has 0 saturated heterocycles. The van der Waals surface area contributed by atoms with E-state index in [0.29, 0.717) is 5.56 Å². The lowest BCUT2D eigenvalue weighted by molar-refractivity contribution is -0.125. The Balaban J connectivity index is 1.75. The van der Waals surface area contributed by atoms with Crippen molar-refractivity contribution < 1.29 is 19.1 Å². The van der Waals surface area contributed by atoms with Crippen molar-refractivity contribution in [3.05, 3.63) is 71.0 Å². The Bertz CT molecular complexity index is 719. The molecule has 2 aromatic rings. The average molecular weight is 330 g/mol. The van der Waals surface area contributed by atoms with Gasteiger partial charge in [-0.2, -0.15) is 0 Å². The van der Waals surface area contributed by atoms with Crippen LogP contribution in [0.25, 0.3) is 0 Å². The second-order valence-electron chi connectivity index (χ2n) is 5.29. The Morgan fingerprint density at radius 1 is 0.958 bits per heavy atom. The number of nitrogens with one attached hydrogen (secondary N) is 2. The molecule has 0 heterocycles. The van der Waals surface area contributed by atoms with E-state index in [9.17, 15) is 19.1 Å². The first-order valence-electron chi connectivity index (χ1n) is 7.54. The lowest BCUT2D eigenvalue weighted by atomic mass is 10.1. The minimum absolute atomic E-state index is 0.0123. The van der Waals surface area contributed by atoms with E-state index in [1.807, 2.05) is 18.2 Å². The minimum atomic E-state index is -0.402. The summed E-state index contributed by atoms with van der Waals surface area (Å²) in [5, 5.41) is 14.4. The van der Waals surface area contributed by atoms with E-state index in [4.69, 9.17) is 0 Å². The fourth-order valence-corrected chi connectivity index (χ4v) is 2.21. The van der Waals surface area contributed by atoms with Crippen LogP contribution in [0.3, 0.4) is 0 Å². The van der Waals surface area contributed by atoms with E-state index < -0.39 is 5.82 Å². The first kappa shape index (κ1) is 17.6. The maximum absolute atomic E-state index is 13.0. The van der Waals surface area contributed by atoms with E-state index in [-0.39, 0.29) is 37.9 Å². The van der Waals surface area contributed by atoms with Crippen molar-refractivity contribution in [1.29, 1.82) is 0 Å². The Labute approximate surface area is 139 Å². The largest absolute Gasteiger partial charge is 0.392 e. The predicted molar refractivity (Wildman–Crippen MR) is 87.3 cm³/mol. The molecule has 126 valence electrons. The Hall–Kier alpha value is -2.73. The molecular weight excluding hydrogens is 311 g/mol. The number of halogens is 1. The molecule has 3 N–H and O–H groups in total. The van der Waals surface area contributed by atoms with Crippen LogP contribution in [0.5, 0.6) is 0 Å². The van der Waals surface area contributed by atoms with Crippen LogP contribution in [0.15, 0.2) is 48.5 Å². The van der Waals surface area contributed by atoms with Crippen LogP contribution < -0.4 is 10.6 Å². The summed E-state index contributed by atoms with van der Waals surface area (Å²) in [6.45, 7) is 0.0151. The van der Waals surface area contributed by atoms with E-state index >= 15 is 0 Å². The van der Waals surface area contributed by atoms with Crippen molar-refractivity contribution in [3.8, 4) is 0 Å². The van der Waals surface area contributed by atoms with Crippen molar-refractivity contribution in [3.63, 3.8) is 0 Å². The monoisotopic (exact) mass is 330 g/mol. The smallest absolute Gasteiger partial charge is 0.239 e. The van der Waals surface area contributed by atoms with Crippen LogP contribution in [0.1, 0.15) is 16.7 Å². The SMILES string of the molecule is O=C(CNC(=O)Cc1cccc(F)c1)NCc1ccccc1CO. The average Bonchev–Trinajstić information content (AvgIpc) is 2.58. The van der Waals surface area contributed by atoms with Crippen LogP contribution in [-0.4, -0.2) is 23.5 Å². The molecule has 0 saturated carbocycles. The number of carbonyl (C=O) groups excluding carboxylic acids is 2. The number of benzene rings is 2. The molecule has 6 heteroatoms. The van der Waals surface area contributed by atoms with Gasteiger partial charge < -0.3 is 15.7 Å². The minimum Gasteiger partial charge on any atom is -0.392 e. The molecule has 0 fully saturated rings. The highest BCUT2D eigenvalue weighted by Crippen LogP contribution is 2.08. The van der Waals surface area contributed by atoms with Gasteiger partial charge in [0.25, 0.3) is 0 Å². The van der Waals surface area contributed by atoms with E-state index in [1.165, 1.54) is 18.2 Å². The Morgan fingerprint density at radius 2 is 1.71 bits per heavy atom. The molecule has 0 atom stereocenters.